The lowest BCUT2D eigenvalue weighted by atomic mass is 9.68. The molecule has 178 valence electrons. The minimum absolute atomic E-state index is 0.510. The second kappa shape index (κ2) is 14.5. The number of hydrogen-bond donors (Lipinski definition) is 0. The first-order valence-corrected chi connectivity index (χ1v) is 13.1. The van der Waals surface area contributed by atoms with Crippen LogP contribution in [0.1, 0.15) is 103 Å². The summed E-state index contributed by atoms with van der Waals surface area (Å²) in [5.74, 6) is 0. The molecule has 0 amide bonds. The van der Waals surface area contributed by atoms with E-state index in [-0.39, 0.29) is 0 Å². The molecule has 0 bridgehead atoms. The molecule has 0 heterocycles. The van der Waals surface area contributed by atoms with Crippen LogP contribution in [0, 0.1) is 0 Å². The molecule has 0 radical (unpaired) electrons. The second-order valence-electron chi connectivity index (χ2n) is 9.00. The quantitative estimate of drug-likeness (QED) is 0.230. The van der Waals surface area contributed by atoms with E-state index >= 15 is 0 Å². The van der Waals surface area contributed by atoms with Crippen LogP contribution < -0.4 is 0 Å². The molecule has 2 unspecified atom stereocenters. The lowest BCUT2D eigenvalue weighted by Crippen LogP contribution is -2.53. The molecule has 0 N–H and O–H groups in total. The van der Waals surface area contributed by atoms with Crippen molar-refractivity contribution in [3.05, 3.63) is 71.8 Å². The zero-order valence-corrected chi connectivity index (χ0v) is 21.1. The number of ether oxygens (including phenoxy) is 2. The average Bonchev–Trinajstić information content (AvgIpc) is 2.85. The Kier molecular flexibility index (Phi) is 12.1. The van der Waals surface area contributed by atoms with Gasteiger partial charge >= 0.3 is 0 Å². The van der Waals surface area contributed by atoms with Gasteiger partial charge in [-0.25, -0.2) is 0 Å². The van der Waals surface area contributed by atoms with Gasteiger partial charge in [0.15, 0.2) is 0 Å². The standard InChI is InChI=1S/C30H46O2/c1-5-9-23-29(31-25-11-7-3,27-19-15-13-16-20-27)30(24-10-6-2,32-26-12-8-4)28-21-17-14-18-22-28/h13-22H,5-12,23-26H2,1-4H3. The molecule has 0 fully saturated rings. The van der Waals surface area contributed by atoms with Crippen molar-refractivity contribution in [2.75, 3.05) is 13.2 Å². The molecule has 2 heteroatoms. The minimum atomic E-state index is -0.510. The van der Waals surface area contributed by atoms with E-state index in [9.17, 15) is 0 Å². The SMILES string of the molecule is CCCCOC(CCCC)(c1ccccc1)C(CCCC)(OCCCC)c1ccccc1. The van der Waals surface area contributed by atoms with Crippen LogP contribution in [0.25, 0.3) is 0 Å². The van der Waals surface area contributed by atoms with Crippen molar-refractivity contribution < 1.29 is 9.47 Å². The highest BCUT2D eigenvalue weighted by Crippen LogP contribution is 2.52. The van der Waals surface area contributed by atoms with Gasteiger partial charge in [-0.05, 0) is 36.8 Å². The summed E-state index contributed by atoms with van der Waals surface area (Å²) in [7, 11) is 0. The number of rotatable bonds is 17. The fraction of sp³-hybridized carbons (Fsp3) is 0.600. The minimum Gasteiger partial charge on any atom is -0.367 e. The Morgan fingerprint density at radius 2 is 0.844 bits per heavy atom. The van der Waals surface area contributed by atoms with E-state index in [2.05, 4.69) is 88.4 Å². The van der Waals surface area contributed by atoms with Crippen LogP contribution in [0.5, 0.6) is 0 Å². The van der Waals surface area contributed by atoms with Gasteiger partial charge in [0, 0.05) is 13.2 Å². The first kappa shape index (κ1) is 26.6. The van der Waals surface area contributed by atoms with Crippen LogP contribution in [0.15, 0.2) is 60.7 Å². The molecule has 0 spiro atoms. The average molecular weight is 439 g/mol. The first-order valence-electron chi connectivity index (χ1n) is 13.1. The Hall–Kier alpha value is -1.64. The van der Waals surface area contributed by atoms with Crippen LogP contribution in [-0.2, 0) is 20.7 Å². The van der Waals surface area contributed by atoms with E-state index in [4.69, 9.17) is 9.47 Å². The first-order chi connectivity index (χ1) is 15.7. The number of unbranched alkanes of at least 4 members (excludes halogenated alkanes) is 4. The fourth-order valence-corrected chi connectivity index (χ4v) is 4.75. The topological polar surface area (TPSA) is 18.5 Å². The summed E-state index contributed by atoms with van der Waals surface area (Å²) in [6.07, 6.45) is 10.8. The predicted molar refractivity (Wildman–Crippen MR) is 137 cm³/mol. The van der Waals surface area contributed by atoms with Gasteiger partial charge in [0.2, 0.25) is 0 Å². The Bertz CT molecular complexity index is 651. The lowest BCUT2D eigenvalue weighted by Gasteiger charge is -2.51. The second-order valence-corrected chi connectivity index (χ2v) is 9.00. The molecule has 2 rings (SSSR count). The van der Waals surface area contributed by atoms with Crippen molar-refractivity contribution >= 4 is 0 Å². The summed E-state index contributed by atoms with van der Waals surface area (Å²) < 4.78 is 14.2. The summed E-state index contributed by atoms with van der Waals surface area (Å²) in [5.41, 5.74) is 1.48. The lowest BCUT2D eigenvalue weighted by molar-refractivity contribution is -0.233. The molecule has 2 atom stereocenters. The summed E-state index contributed by atoms with van der Waals surface area (Å²) in [5, 5.41) is 0. The zero-order valence-electron chi connectivity index (χ0n) is 21.1. The maximum Gasteiger partial charge on any atom is 0.126 e. The van der Waals surface area contributed by atoms with Crippen molar-refractivity contribution in [1.82, 2.24) is 0 Å². The highest BCUT2D eigenvalue weighted by Gasteiger charge is 2.54. The maximum absolute atomic E-state index is 7.08. The predicted octanol–water partition coefficient (Wildman–Crippen LogP) is 8.79. The van der Waals surface area contributed by atoms with Crippen molar-refractivity contribution in [2.45, 2.75) is 103 Å². The van der Waals surface area contributed by atoms with Crippen molar-refractivity contribution in [3.8, 4) is 0 Å². The van der Waals surface area contributed by atoms with Crippen LogP contribution >= 0.6 is 0 Å². The normalized spacial score (nSPS) is 15.2. The van der Waals surface area contributed by atoms with Crippen LogP contribution in [0.2, 0.25) is 0 Å². The Morgan fingerprint density at radius 3 is 1.16 bits per heavy atom. The van der Waals surface area contributed by atoms with Gasteiger partial charge in [0.1, 0.15) is 11.2 Å². The van der Waals surface area contributed by atoms with E-state index in [1.54, 1.807) is 0 Å². The Labute approximate surface area is 197 Å². The third kappa shape index (κ3) is 6.45. The van der Waals surface area contributed by atoms with Gasteiger partial charge < -0.3 is 9.47 Å². The molecule has 2 aromatic carbocycles. The molecule has 0 aliphatic rings. The van der Waals surface area contributed by atoms with E-state index in [1.165, 1.54) is 11.1 Å². The molecular weight excluding hydrogens is 392 g/mol. The Morgan fingerprint density at radius 1 is 0.500 bits per heavy atom. The van der Waals surface area contributed by atoms with Gasteiger partial charge in [-0.15, -0.1) is 0 Å². The van der Waals surface area contributed by atoms with Crippen LogP contribution in [0.3, 0.4) is 0 Å². The molecule has 0 aromatic heterocycles. The van der Waals surface area contributed by atoms with Crippen molar-refractivity contribution in [3.63, 3.8) is 0 Å². The highest BCUT2D eigenvalue weighted by molar-refractivity contribution is 5.35. The van der Waals surface area contributed by atoms with Gasteiger partial charge in [-0.3, -0.25) is 0 Å². The smallest absolute Gasteiger partial charge is 0.126 e. The molecule has 32 heavy (non-hydrogen) atoms. The highest BCUT2D eigenvalue weighted by atomic mass is 16.6. The number of hydrogen-bond acceptors (Lipinski definition) is 2. The van der Waals surface area contributed by atoms with Crippen LogP contribution in [0.4, 0.5) is 0 Å². The maximum atomic E-state index is 7.08. The van der Waals surface area contributed by atoms with E-state index < -0.39 is 11.2 Å². The van der Waals surface area contributed by atoms with Gasteiger partial charge in [0.25, 0.3) is 0 Å². The fourth-order valence-electron chi connectivity index (χ4n) is 4.75. The van der Waals surface area contributed by atoms with Gasteiger partial charge in [-0.1, -0.05) is 127 Å². The van der Waals surface area contributed by atoms with E-state index in [0.717, 1.165) is 77.4 Å². The monoisotopic (exact) mass is 438 g/mol. The summed E-state index contributed by atoms with van der Waals surface area (Å²) in [4.78, 5) is 0. The summed E-state index contributed by atoms with van der Waals surface area (Å²) in [6.45, 7) is 10.5. The van der Waals surface area contributed by atoms with Gasteiger partial charge in [0.05, 0.1) is 0 Å². The molecular formula is C30H46O2. The largest absolute Gasteiger partial charge is 0.367 e. The number of benzene rings is 2. The molecule has 2 nitrogen and oxygen atoms in total. The molecule has 0 aliphatic heterocycles. The Balaban J connectivity index is 2.76. The van der Waals surface area contributed by atoms with Crippen LogP contribution in [-0.4, -0.2) is 13.2 Å². The molecule has 0 saturated carbocycles. The van der Waals surface area contributed by atoms with E-state index in [1.807, 2.05) is 0 Å². The van der Waals surface area contributed by atoms with Crippen molar-refractivity contribution in [2.24, 2.45) is 0 Å². The molecule has 0 saturated heterocycles. The zero-order chi connectivity index (χ0) is 23.1. The van der Waals surface area contributed by atoms with Gasteiger partial charge in [-0.2, -0.15) is 0 Å². The molecule has 2 aromatic rings. The summed E-state index contributed by atoms with van der Waals surface area (Å²) >= 11 is 0. The molecule has 0 aliphatic carbocycles. The van der Waals surface area contributed by atoms with E-state index in [0.29, 0.717) is 0 Å². The van der Waals surface area contributed by atoms with Crippen molar-refractivity contribution in [1.29, 1.82) is 0 Å². The third-order valence-corrected chi connectivity index (χ3v) is 6.59. The summed E-state index contributed by atoms with van der Waals surface area (Å²) in [6, 6.07) is 21.9. The third-order valence-electron chi connectivity index (χ3n) is 6.59.